The zero-order chi connectivity index (χ0) is 14.5. The van der Waals surface area contributed by atoms with E-state index >= 15 is 0 Å². The maximum atomic E-state index is 9.10. The van der Waals surface area contributed by atoms with Crippen LogP contribution in [0.25, 0.3) is 5.53 Å². The van der Waals surface area contributed by atoms with Gasteiger partial charge in [0.25, 0.3) is 0 Å². The summed E-state index contributed by atoms with van der Waals surface area (Å²) in [6.45, 7) is 2.05. The van der Waals surface area contributed by atoms with E-state index in [1.165, 1.54) is 5.56 Å². The predicted molar refractivity (Wildman–Crippen MR) is 79.6 cm³/mol. The van der Waals surface area contributed by atoms with Gasteiger partial charge < -0.3 is 15.0 Å². The Bertz CT molecular complexity index is 599. The molecule has 0 saturated heterocycles. The Kier molecular flexibility index (Phi) is 4.79. The van der Waals surface area contributed by atoms with Gasteiger partial charge in [-0.1, -0.05) is 29.5 Å². The van der Waals surface area contributed by atoms with Crippen molar-refractivity contribution in [1.82, 2.24) is 0 Å². The third-order valence-electron chi connectivity index (χ3n) is 2.95. The lowest BCUT2D eigenvalue weighted by molar-refractivity contribution is -0.0191. The quantitative estimate of drug-likeness (QED) is 0.631. The number of allylic oxidation sites excluding steroid dienone is 1. The first-order chi connectivity index (χ1) is 9.67. The summed E-state index contributed by atoms with van der Waals surface area (Å²) in [5.74, 6) is 0.640. The van der Waals surface area contributed by atoms with Crippen molar-refractivity contribution >= 4 is 17.5 Å². The molecule has 1 aliphatic rings. The highest BCUT2D eigenvalue weighted by atomic mass is 32.2. The number of aryl methyl sites for hydroxylation is 1. The number of rotatable bonds is 4. The Morgan fingerprint density at radius 2 is 1.85 bits per heavy atom. The summed E-state index contributed by atoms with van der Waals surface area (Å²) in [5.41, 5.74) is 10.7. The lowest BCUT2D eigenvalue weighted by atomic mass is 10.1. The summed E-state index contributed by atoms with van der Waals surface area (Å²) in [6.07, 6.45) is 3.17. The third kappa shape index (κ3) is 3.20. The van der Waals surface area contributed by atoms with Gasteiger partial charge in [0.05, 0.1) is 13.2 Å². The highest BCUT2D eigenvalue weighted by Gasteiger charge is 2.31. The van der Waals surface area contributed by atoms with Gasteiger partial charge in [0.2, 0.25) is 0 Å². The van der Waals surface area contributed by atoms with E-state index in [0.29, 0.717) is 11.5 Å². The standard InChI is InChI=1S/C15H16N2O2S/c1-10-4-6-12(7-5-10)20-14-9-11(18-2)8-13(17-16)15(14)19-3/h4-9,15H,1-3H3. The molecule has 0 saturated carbocycles. The van der Waals surface area contributed by atoms with Crippen LogP contribution in [-0.4, -0.2) is 30.8 Å². The number of thioether (sulfide) groups is 1. The number of methoxy groups -OCH3 is 2. The molecule has 0 aliphatic heterocycles. The Morgan fingerprint density at radius 1 is 1.15 bits per heavy atom. The van der Waals surface area contributed by atoms with Gasteiger partial charge in [-0.2, -0.15) is 4.79 Å². The molecule has 0 amide bonds. The van der Waals surface area contributed by atoms with E-state index in [2.05, 4.69) is 23.8 Å². The molecule has 20 heavy (non-hydrogen) atoms. The van der Waals surface area contributed by atoms with Gasteiger partial charge in [-0.3, -0.25) is 0 Å². The van der Waals surface area contributed by atoms with Crippen molar-refractivity contribution in [2.75, 3.05) is 14.2 Å². The molecule has 0 fully saturated rings. The van der Waals surface area contributed by atoms with Crippen LogP contribution in [0.15, 0.2) is 52.0 Å². The Morgan fingerprint density at radius 3 is 2.40 bits per heavy atom. The molecule has 0 bridgehead atoms. The molecule has 0 spiro atoms. The van der Waals surface area contributed by atoms with Gasteiger partial charge in [-0.05, 0) is 25.1 Å². The van der Waals surface area contributed by atoms with Crippen LogP contribution in [0.2, 0.25) is 0 Å². The largest absolute Gasteiger partial charge is 0.496 e. The van der Waals surface area contributed by atoms with Crippen molar-refractivity contribution in [3.8, 4) is 0 Å². The second-order valence-corrected chi connectivity index (χ2v) is 5.50. The van der Waals surface area contributed by atoms with E-state index < -0.39 is 0 Å². The van der Waals surface area contributed by atoms with Gasteiger partial charge in [-0.15, -0.1) is 0 Å². The van der Waals surface area contributed by atoms with Crippen molar-refractivity contribution in [2.24, 2.45) is 0 Å². The molecular formula is C15H16N2O2S. The lowest BCUT2D eigenvalue weighted by Gasteiger charge is -2.18. The Labute approximate surface area is 122 Å². The topological polar surface area (TPSA) is 54.9 Å². The molecule has 4 nitrogen and oxygen atoms in total. The van der Waals surface area contributed by atoms with Crippen molar-refractivity contribution in [2.45, 2.75) is 17.9 Å². The first-order valence-corrected chi connectivity index (χ1v) is 6.96. The van der Waals surface area contributed by atoms with Gasteiger partial charge in [-0.25, -0.2) is 0 Å². The highest BCUT2D eigenvalue weighted by Crippen LogP contribution is 2.34. The summed E-state index contributed by atoms with van der Waals surface area (Å²) in [5, 5.41) is 0. The lowest BCUT2D eigenvalue weighted by Crippen LogP contribution is -2.26. The van der Waals surface area contributed by atoms with Crippen LogP contribution in [0.4, 0.5) is 0 Å². The summed E-state index contributed by atoms with van der Waals surface area (Å²) in [6, 6.07) is 8.21. The normalized spacial score (nSPS) is 18.1. The molecular weight excluding hydrogens is 272 g/mol. The minimum Gasteiger partial charge on any atom is -0.496 e. The van der Waals surface area contributed by atoms with Gasteiger partial charge in [0.1, 0.15) is 5.76 Å². The van der Waals surface area contributed by atoms with Crippen molar-refractivity contribution in [1.29, 1.82) is 0 Å². The van der Waals surface area contributed by atoms with Crippen molar-refractivity contribution in [3.63, 3.8) is 0 Å². The molecule has 1 unspecified atom stereocenters. The molecule has 1 aromatic carbocycles. The molecule has 5 heteroatoms. The number of hydrogen-bond donors (Lipinski definition) is 0. The van der Waals surface area contributed by atoms with Crippen molar-refractivity contribution < 1.29 is 14.3 Å². The smallest absolute Gasteiger partial charge is 0.329 e. The highest BCUT2D eigenvalue weighted by molar-refractivity contribution is 8.03. The number of ether oxygens (including phenoxy) is 2. The maximum Gasteiger partial charge on any atom is 0.329 e. The Hall–Kier alpha value is -1.81. The van der Waals surface area contributed by atoms with E-state index in [0.717, 1.165) is 9.80 Å². The fraction of sp³-hybridized carbons (Fsp3) is 0.267. The second-order valence-electron chi connectivity index (χ2n) is 4.35. The minimum absolute atomic E-state index is 0.384. The van der Waals surface area contributed by atoms with Gasteiger partial charge in [0, 0.05) is 16.9 Å². The maximum absolute atomic E-state index is 9.10. The minimum atomic E-state index is -0.384. The summed E-state index contributed by atoms with van der Waals surface area (Å²) >= 11 is 1.57. The first kappa shape index (κ1) is 14.6. The van der Waals surface area contributed by atoms with Crippen LogP contribution in [0.3, 0.4) is 0 Å². The van der Waals surface area contributed by atoms with E-state index in [1.54, 1.807) is 32.1 Å². The average molecular weight is 288 g/mol. The summed E-state index contributed by atoms with van der Waals surface area (Å²) in [7, 11) is 3.17. The van der Waals surface area contributed by atoms with Crippen LogP contribution in [0.5, 0.6) is 0 Å². The molecule has 0 radical (unpaired) electrons. The van der Waals surface area contributed by atoms with E-state index in [4.69, 9.17) is 15.0 Å². The molecule has 1 atom stereocenters. The van der Waals surface area contributed by atoms with Crippen molar-refractivity contribution in [3.05, 3.63) is 58.2 Å². The van der Waals surface area contributed by atoms with Crippen LogP contribution in [-0.2, 0) is 9.47 Å². The molecule has 2 rings (SSSR count). The SMILES string of the molecule is COC1=CC(=[N+]=[N-])C(OC)C(Sc2ccc(C)cc2)=C1. The van der Waals surface area contributed by atoms with Crippen LogP contribution >= 0.6 is 11.8 Å². The number of benzene rings is 1. The van der Waals surface area contributed by atoms with Crippen LogP contribution < -0.4 is 0 Å². The Balaban J connectivity index is 2.31. The number of nitrogens with zero attached hydrogens (tertiary/aromatic N) is 2. The molecule has 1 aromatic rings. The van der Waals surface area contributed by atoms with Crippen LogP contribution in [0.1, 0.15) is 5.56 Å². The first-order valence-electron chi connectivity index (χ1n) is 6.14. The molecule has 0 aromatic heterocycles. The zero-order valence-corrected chi connectivity index (χ0v) is 12.5. The second kappa shape index (κ2) is 6.57. The monoisotopic (exact) mass is 288 g/mol. The molecule has 1 aliphatic carbocycles. The average Bonchev–Trinajstić information content (AvgIpc) is 2.48. The zero-order valence-electron chi connectivity index (χ0n) is 11.7. The summed E-state index contributed by atoms with van der Waals surface area (Å²) in [4.78, 5) is 5.30. The van der Waals surface area contributed by atoms with E-state index in [-0.39, 0.29) is 6.10 Å². The predicted octanol–water partition coefficient (Wildman–Crippen LogP) is 3.20. The van der Waals surface area contributed by atoms with E-state index in [1.807, 2.05) is 18.2 Å². The van der Waals surface area contributed by atoms with Gasteiger partial charge >= 0.3 is 5.71 Å². The fourth-order valence-corrected chi connectivity index (χ4v) is 2.93. The molecule has 104 valence electrons. The van der Waals surface area contributed by atoms with Crippen LogP contribution in [0, 0.1) is 6.92 Å². The third-order valence-corrected chi connectivity index (χ3v) is 4.02. The number of hydrogen-bond acceptors (Lipinski definition) is 3. The molecule has 0 heterocycles. The fourth-order valence-electron chi connectivity index (χ4n) is 1.89. The van der Waals surface area contributed by atoms with E-state index in [9.17, 15) is 0 Å². The summed E-state index contributed by atoms with van der Waals surface area (Å²) < 4.78 is 10.6. The van der Waals surface area contributed by atoms with Gasteiger partial charge in [0.15, 0.2) is 6.10 Å². The molecule has 0 N–H and O–H groups in total.